The van der Waals surface area contributed by atoms with E-state index in [1.54, 1.807) is 6.21 Å². The molecule has 1 rings (SSSR count). The zero-order valence-corrected chi connectivity index (χ0v) is 4.06. The van der Waals surface area contributed by atoms with Crippen molar-refractivity contribution in [3.63, 3.8) is 0 Å². The lowest BCUT2D eigenvalue weighted by atomic mass is 10.8. The molecule has 0 spiro atoms. The predicted octanol–water partition coefficient (Wildman–Crippen LogP) is 0.301. The standard InChI is InChI=1S/C3H5NOS/c6-3-4-1-2-5-3/h1,3,6H,2H2. The van der Waals surface area contributed by atoms with Crippen molar-refractivity contribution in [2.75, 3.05) is 6.61 Å². The van der Waals surface area contributed by atoms with E-state index in [2.05, 4.69) is 17.6 Å². The maximum atomic E-state index is 4.79. The second kappa shape index (κ2) is 1.62. The van der Waals surface area contributed by atoms with Crippen LogP contribution >= 0.6 is 12.6 Å². The molecule has 0 aliphatic carbocycles. The third-order valence-electron chi connectivity index (χ3n) is 0.553. The van der Waals surface area contributed by atoms with Gasteiger partial charge in [-0.3, -0.25) is 4.99 Å². The van der Waals surface area contributed by atoms with Gasteiger partial charge in [0.05, 0.1) is 6.61 Å². The fourth-order valence-corrected chi connectivity index (χ4v) is 0.486. The van der Waals surface area contributed by atoms with Gasteiger partial charge in [0.1, 0.15) is 0 Å². The van der Waals surface area contributed by atoms with Crippen molar-refractivity contribution in [2.24, 2.45) is 4.99 Å². The Labute approximate surface area is 41.6 Å². The number of rotatable bonds is 0. The van der Waals surface area contributed by atoms with Crippen LogP contribution in [0.25, 0.3) is 0 Å². The van der Waals surface area contributed by atoms with E-state index in [9.17, 15) is 0 Å². The summed E-state index contributed by atoms with van der Waals surface area (Å²) in [5.41, 5.74) is -0.190. The summed E-state index contributed by atoms with van der Waals surface area (Å²) in [6, 6.07) is 0. The molecule has 0 saturated heterocycles. The molecule has 0 aromatic carbocycles. The van der Waals surface area contributed by atoms with Crippen LogP contribution in [0.4, 0.5) is 0 Å². The first-order valence-corrected chi connectivity index (χ1v) is 2.22. The lowest BCUT2D eigenvalue weighted by molar-refractivity contribution is 0.178. The minimum atomic E-state index is -0.190. The van der Waals surface area contributed by atoms with E-state index in [-0.39, 0.29) is 5.56 Å². The van der Waals surface area contributed by atoms with Gasteiger partial charge >= 0.3 is 0 Å². The molecule has 1 unspecified atom stereocenters. The van der Waals surface area contributed by atoms with Crippen molar-refractivity contribution in [3.8, 4) is 0 Å². The molecule has 1 heterocycles. The van der Waals surface area contributed by atoms with Crippen LogP contribution in [-0.2, 0) is 4.74 Å². The molecule has 1 aliphatic heterocycles. The topological polar surface area (TPSA) is 21.6 Å². The Balaban J connectivity index is 2.38. The second-order valence-corrected chi connectivity index (χ2v) is 1.43. The van der Waals surface area contributed by atoms with Crippen LogP contribution in [0, 0.1) is 0 Å². The number of ether oxygens (including phenoxy) is 1. The van der Waals surface area contributed by atoms with E-state index in [0.29, 0.717) is 6.61 Å². The van der Waals surface area contributed by atoms with E-state index in [4.69, 9.17) is 4.74 Å². The average Bonchev–Trinajstić information content (AvgIpc) is 1.86. The summed E-state index contributed by atoms with van der Waals surface area (Å²) in [4.78, 5) is 3.75. The van der Waals surface area contributed by atoms with Crippen LogP contribution in [0.3, 0.4) is 0 Å². The quantitative estimate of drug-likeness (QED) is 0.437. The molecule has 0 N–H and O–H groups in total. The Bertz CT molecular complexity index is 73.2. The van der Waals surface area contributed by atoms with Crippen molar-refractivity contribution in [1.29, 1.82) is 0 Å². The normalized spacial score (nSPS) is 31.8. The summed E-state index contributed by atoms with van der Waals surface area (Å²) in [6.45, 7) is 0.619. The Hall–Kier alpha value is -0.0200. The zero-order valence-electron chi connectivity index (χ0n) is 3.16. The molecular formula is C3H5NOS. The molecule has 3 heteroatoms. The van der Waals surface area contributed by atoms with Gasteiger partial charge < -0.3 is 4.74 Å². The summed E-state index contributed by atoms with van der Waals surface area (Å²) >= 11 is 3.87. The van der Waals surface area contributed by atoms with Crippen molar-refractivity contribution >= 4 is 18.8 Å². The van der Waals surface area contributed by atoms with Crippen LogP contribution in [0.2, 0.25) is 0 Å². The first-order valence-electron chi connectivity index (χ1n) is 1.71. The molecule has 0 saturated carbocycles. The van der Waals surface area contributed by atoms with Crippen LogP contribution < -0.4 is 0 Å². The van der Waals surface area contributed by atoms with E-state index >= 15 is 0 Å². The minimum absolute atomic E-state index is 0.190. The SMILES string of the molecule is SC1N=CCO1. The lowest BCUT2D eigenvalue weighted by Crippen LogP contribution is -1.91. The molecule has 2 nitrogen and oxygen atoms in total. The smallest absolute Gasteiger partial charge is 0.193 e. The maximum Gasteiger partial charge on any atom is 0.193 e. The summed E-state index contributed by atoms with van der Waals surface area (Å²) in [7, 11) is 0. The van der Waals surface area contributed by atoms with E-state index in [1.807, 2.05) is 0 Å². The molecule has 0 radical (unpaired) electrons. The second-order valence-electron chi connectivity index (χ2n) is 0.991. The summed E-state index contributed by atoms with van der Waals surface area (Å²) < 4.78 is 4.79. The highest BCUT2D eigenvalue weighted by molar-refractivity contribution is 7.80. The predicted molar refractivity (Wildman–Crippen MR) is 27.2 cm³/mol. The van der Waals surface area contributed by atoms with E-state index in [0.717, 1.165) is 0 Å². The third kappa shape index (κ3) is 0.725. The molecule has 0 fully saturated rings. The highest BCUT2D eigenvalue weighted by Crippen LogP contribution is 2.01. The maximum absolute atomic E-state index is 4.79. The van der Waals surface area contributed by atoms with Gasteiger partial charge in [0, 0.05) is 6.21 Å². The van der Waals surface area contributed by atoms with Crippen LogP contribution in [0.15, 0.2) is 4.99 Å². The molecule has 1 atom stereocenters. The van der Waals surface area contributed by atoms with Gasteiger partial charge in [0.15, 0.2) is 5.56 Å². The number of aliphatic imine (C=N–C) groups is 1. The van der Waals surface area contributed by atoms with Gasteiger partial charge in [-0.25, -0.2) is 0 Å². The Morgan fingerprint density at radius 3 is 3.00 bits per heavy atom. The molecule has 6 heavy (non-hydrogen) atoms. The van der Waals surface area contributed by atoms with Gasteiger partial charge in [-0.1, -0.05) is 0 Å². The fraction of sp³-hybridized carbons (Fsp3) is 0.667. The monoisotopic (exact) mass is 103 g/mol. The molecule has 0 bridgehead atoms. The van der Waals surface area contributed by atoms with Gasteiger partial charge in [-0.2, -0.15) is 0 Å². The van der Waals surface area contributed by atoms with Gasteiger partial charge in [-0.15, -0.1) is 12.6 Å². The lowest BCUT2D eigenvalue weighted by Gasteiger charge is -1.91. The van der Waals surface area contributed by atoms with Crippen molar-refractivity contribution in [2.45, 2.75) is 5.56 Å². The Kier molecular flexibility index (Phi) is 1.12. The summed E-state index contributed by atoms with van der Waals surface area (Å²) in [5.74, 6) is 0. The average molecular weight is 103 g/mol. The van der Waals surface area contributed by atoms with Crippen molar-refractivity contribution < 1.29 is 4.74 Å². The highest BCUT2D eigenvalue weighted by Gasteiger charge is 2.00. The van der Waals surface area contributed by atoms with E-state index < -0.39 is 0 Å². The third-order valence-corrected chi connectivity index (χ3v) is 0.835. The van der Waals surface area contributed by atoms with Gasteiger partial charge in [0.25, 0.3) is 0 Å². The zero-order chi connectivity index (χ0) is 4.41. The van der Waals surface area contributed by atoms with Gasteiger partial charge in [-0.05, 0) is 0 Å². The first kappa shape index (κ1) is 4.15. The molecule has 1 aliphatic rings. The largest absolute Gasteiger partial charge is 0.342 e. The summed E-state index contributed by atoms with van der Waals surface area (Å²) in [6.07, 6.45) is 1.71. The number of thiol groups is 1. The fourth-order valence-electron chi connectivity index (χ4n) is 0.305. The molecule has 0 aromatic rings. The Morgan fingerprint density at radius 1 is 2.00 bits per heavy atom. The number of hydrogen-bond acceptors (Lipinski definition) is 3. The van der Waals surface area contributed by atoms with E-state index in [1.165, 1.54) is 0 Å². The van der Waals surface area contributed by atoms with Crippen molar-refractivity contribution in [3.05, 3.63) is 0 Å². The number of hydrogen-bond donors (Lipinski definition) is 1. The van der Waals surface area contributed by atoms with Crippen LogP contribution in [-0.4, -0.2) is 18.4 Å². The number of nitrogens with zero attached hydrogens (tertiary/aromatic N) is 1. The molecule has 0 amide bonds. The summed E-state index contributed by atoms with van der Waals surface area (Å²) in [5, 5.41) is 0. The molecule has 34 valence electrons. The minimum Gasteiger partial charge on any atom is -0.342 e. The Morgan fingerprint density at radius 2 is 2.83 bits per heavy atom. The van der Waals surface area contributed by atoms with Gasteiger partial charge in [0.2, 0.25) is 0 Å². The highest BCUT2D eigenvalue weighted by atomic mass is 32.1. The molecule has 0 aromatic heterocycles. The first-order chi connectivity index (χ1) is 2.89. The van der Waals surface area contributed by atoms with Crippen LogP contribution in [0.5, 0.6) is 0 Å². The molecular weight excluding hydrogens is 98.1 g/mol. The van der Waals surface area contributed by atoms with Crippen molar-refractivity contribution in [1.82, 2.24) is 0 Å². The van der Waals surface area contributed by atoms with Crippen LogP contribution in [0.1, 0.15) is 0 Å².